The Bertz CT molecular complexity index is 798. The van der Waals surface area contributed by atoms with E-state index < -0.39 is 0 Å². The summed E-state index contributed by atoms with van der Waals surface area (Å²) in [5.74, 6) is 1.24. The highest BCUT2D eigenvalue weighted by Gasteiger charge is 2.11. The van der Waals surface area contributed by atoms with Crippen molar-refractivity contribution in [2.24, 2.45) is 5.10 Å². The van der Waals surface area contributed by atoms with E-state index in [9.17, 15) is 4.79 Å². The molecule has 2 rings (SSSR count). The minimum Gasteiger partial charge on any atom is -0.494 e. The van der Waals surface area contributed by atoms with E-state index in [0.717, 1.165) is 33.7 Å². The van der Waals surface area contributed by atoms with Gasteiger partial charge < -0.3 is 10.1 Å². The largest absolute Gasteiger partial charge is 0.494 e. The third-order valence-electron chi connectivity index (χ3n) is 4.08. The standard InChI is InChI=1S/C21H27N3O2/c1-6-26-20-11-16(5)17(12-18(20)14(2)3)13-22-24-21(25)23-19-10-8-7-9-15(19)4/h7-14H,6H2,1-5H3,(H2,23,24,25). The number of urea groups is 1. The first-order valence-electron chi connectivity index (χ1n) is 8.85. The van der Waals surface area contributed by atoms with Crippen LogP contribution in [0.2, 0.25) is 0 Å². The molecule has 0 fully saturated rings. The number of nitrogens with zero attached hydrogens (tertiary/aromatic N) is 1. The lowest BCUT2D eigenvalue weighted by Gasteiger charge is -2.15. The fourth-order valence-electron chi connectivity index (χ4n) is 2.61. The summed E-state index contributed by atoms with van der Waals surface area (Å²) in [4.78, 5) is 12.0. The fourth-order valence-corrected chi connectivity index (χ4v) is 2.61. The highest BCUT2D eigenvalue weighted by Crippen LogP contribution is 2.29. The van der Waals surface area contributed by atoms with Gasteiger partial charge in [0.15, 0.2) is 0 Å². The topological polar surface area (TPSA) is 62.7 Å². The molecule has 0 aliphatic rings. The molecule has 0 aliphatic heterocycles. The first-order valence-corrected chi connectivity index (χ1v) is 8.85. The van der Waals surface area contributed by atoms with Crippen molar-refractivity contribution in [3.63, 3.8) is 0 Å². The number of aryl methyl sites for hydroxylation is 2. The number of carbonyl (C=O) groups excluding carboxylic acids is 1. The summed E-state index contributed by atoms with van der Waals surface area (Å²) in [5, 5.41) is 6.86. The Morgan fingerprint density at radius 1 is 1.19 bits per heavy atom. The van der Waals surface area contributed by atoms with Crippen LogP contribution < -0.4 is 15.5 Å². The molecule has 0 unspecified atom stereocenters. The van der Waals surface area contributed by atoms with Gasteiger partial charge in [0.2, 0.25) is 0 Å². The molecular formula is C21H27N3O2. The molecule has 0 radical (unpaired) electrons. The van der Waals surface area contributed by atoms with Crippen molar-refractivity contribution in [2.45, 2.75) is 40.5 Å². The van der Waals surface area contributed by atoms with Gasteiger partial charge in [0.25, 0.3) is 0 Å². The normalized spacial score (nSPS) is 11.0. The summed E-state index contributed by atoms with van der Waals surface area (Å²) < 4.78 is 5.73. The molecule has 0 aliphatic carbocycles. The SMILES string of the molecule is CCOc1cc(C)c(C=NNC(=O)Nc2ccccc2C)cc1C(C)C. The molecule has 0 heterocycles. The van der Waals surface area contributed by atoms with Gasteiger partial charge in [-0.15, -0.1) is 0 Å². The fraction of sp³-hybridized carbons (Fsp3) is 0.333. The number of amides is 2. The van der Waals surface area contributed by atoms with Crippen molar-refractivity contribution in [3.05, 3.63) is 58.7 Å². The number of nitrogens with one attached hydrogen (secondary N) is 2. The molecule has 5 nitrogen and oxygen atoms in total. The maximum atomic E-state index is 12.0. The molecule has 2 N–H and O–H groups in total. The number of hydrogen-bond acceptors (Lipinski definition) is 3. The van der Waals surface area contributed by atoms with Crippen LogP contribution >= 0.6 is 0 Å². The minimum absolute atomic E-state index is 0.335. The minimum atomic E-state index is -0.372. The molecule has 5 heteroatoms. The number of ether oxygens (including phenoxy) is 1. The lowest BCUT2D eigenvalue weighted by Crippen LogP contribution is -2.24. The van der Waals surface area contributed by atoms with Gasteiger partial charge in [-0.05, 0) is 67.1 Å². The Hall–Kier alpha value is -2.82. The van der Waals surface area contributed by atoms with Crippen molar-refractivity contribution in [1.82, 2.24) is 5.43 Å². The van der Waals surface area contributed by atoms with Crippen LogP contribution in [-0.4, -0.2) is 18.9 Å². The maximum Gasteiger partial charge on any atom is 0.339 e. The van der Waals surface area contributed by atoms with E-state index in [1.807, 2.05) is 51.1 Å². The average Bonchev–Trinajstić information content (AvgIpc) is 2.59. The first-order chi connectivity index (χ1) is 12.4. The summed E-state index contributed by atoms with van der Waals surface area (Å²) in [7, 11) is 0. The molecular weight excluding hydrogens is 326 g/mol. The first kappa shape index (κ1) is 19.5. The number of hydrazone groups is 1. The third-order valence-corrected chi connectivity index (χ3v) is 4.08. The van der Waals surface area contributed by atoms with Crippen molar-refractivity contribution in [1.29, 1.82) is 0 Å². The van der Waals surface area contributed by atoms with Crippen LogP contribution in [0.4, 0.5) is 10.5 Å². The third kappa shape index (κ3) is 5.09. The van der Waals surface area contributed by atoms with E-state index in [1.54, 1.807) is 6.21 Å². The van der Waals surface area contributed by atoms with Gasteiger partial charge >= 0.3 is 6.03 Å². The number of rotatable bonds is 6. The Balaban J connectivity index is 2.09. The van der Waals surface area contributed by atoms with Crippen LogP contribution in [0.3, 0.4) is 0 Å². The predicted molar refractivity (Wildman–Crippen MR) is 107 cm³/mol. The Morgan fingerprint density at radius 3 is 2.58 bits per heavy atom. The van der Waals surface area contributed by atoms with E-state index in [-0.39, 0.29) is 6.03 Å². The second-order valence-electron chi connectivity index (χ2n) is 6.47. The van der Waals surface area contributed by atoms with Crippen LogP contribution in [0, 0.1) is 13.8 Å². The highest BCUT2D eigenvalue weighted by molar-refractivity contribution is 5.91. The predicted octanol–water partition coefficient (Wildman–Crippen LogP) is 4.98. The maximum absolute atomic E-state index is 12.0. The molecule has 0 saturated heterocycles. The van der Waals surface area contributed by atoms with Gasteiger partial charge in [-0.3, -0.25) is 0 Å². The van der Waals surface area contributed by atoms with E-state index in [0.29, 0.717) is 12.5 Å². The summed E-state index contributed by atoms with van der Waals surface area (Å²) in [5.41, 5.74) is 7.39. The lowest BCUT2D eigenvalue weighted by atomic mass is 9.97. The van der Waals surface area contributed by atoms with Crippen LogP contribution in [0.15, 0.2) is 41.5 Å². The average molecular weight is 353 g/mol. The molecule has 2 aromatic rings. The van der Waals surface area contributed by atoms with Gasteiger partial charge in [0.05, 0.1) is 12.8 Å². The number of benzene rings is 2. The van der Waals surface area contributed by atoms with Gasteiger partial charge in [0, 0.05) is 5.69 Å². The zero-order chi connectivity index (χ0) is 19.1. The molecule has 138 valence electrons. The van der Waals surface area contributed by atoms with Crippen molar-refractivity contribution < 1.29 is 9.53 Å². The second-order valence-corrected chi connectivity index (χ2v) is 6.47. The van der Waals surface area contributed by atoms with Gasteiger partial charge in [-0.1, -0.05) is 32.0 Å². The van der Waals surface area contributed by atoms with Crippen molar-refractivity contribution in [2.75, 3.05) is 11.9 Å². The number of para-hydroxylation sites is 1. The van der Waals surface area contributed by atoms with Gasteiger partial charge in [-0.25, -0.2) is 10.2 Å². The van der Waals surface area contributed by atoms with E-state index in [4.69, 9.17) is 4.74 Å². The summed E-state index contributed by atoms with van der Waals surface area (Å²) >= 11 is 0. The Labute approximate surface area is 155 Å². The molecule has 0 atom stereocenters. The quantitative estimate of drug-likeness (QED) is 0.568. The van der Waals surface area contributed by atoms with E-state index in [1.165, 1.54) is 0 Å². The number of hydrogen-bond donors (Lipinski definition) is 2. The van der Waals surface area contributed by atoms with Gasteiger partial charge in [-0.2, -0.15) is 5.10 Å². The van der Waals surface area contributed by atoms with Crippen LogP contribution in [0.5, 0.6) is 5.75 Å². The van der Waals surface area contributed by atoms with Gasteiger partial charge in [0.1, 0.15) is 5.75 Å². The van der Waals surface area contributed by atoms with Crippen LogP contribution in [0.25, 0.3) is 0 Å². The number of carbonyl (C=O) groups is 1. The molecule has 2 amide bonds. The smallest absolute Gasteiger partial charge is 0.339 e. The molecule has 0 aromatic heterocycles. The van der Waals surface area contributed by atoms with E-state index >= 15 is 0 Å². The molecule has 0 saturated carbocycles. The Morgan fingerprint density at radius 2 is 1.92 bits per heavy atom. The molecule has 2 aromatic carbocycles. The zero-order valence-corrected chi connectivity index (χ0v) is 16.1. The lowest BCUT2D eigenvalue weighted by molar-refractivity contribution is 0.252. The molecule has 0 spiro atoms. The monoisotopic (exact) mass is 353 g/mol. The Kier molecular flexibility index (Phi) is 6.78. The number of anilines is 1. The zero-order valence-electron chi connectivity index (χ0n) is 16.1. The summed E-state index contributed by atoms with van der Waals surface area (Å²) in [6, 6.07) is 11.3. The van der Waals surface area contributed by atoms with E-state index in [2.05, 4.69) is 35.8 Å². The summed E-state index contributed by atoms with van der Waals surface area (Å²) in [6.45, 7) is 10.8. The van der Waals surface area contributed by atoms with Crippen LogP contribution in [-0.2, 0) is 0 Å². The summed E-state index contributed by atoms with van der Waals surface area (Å²) in [6.07, 6.45) is 1.66. The van der Waals surface area contributed by atoms with Crippen molar-refractivity contribution in [3.8, 4) is 5.75 Å². The second kappa shape index (κ2) is 9.04. The highest BCUT2D eigenvalue weighted by atomic mass is 16.5. The molecule has 26 heavy (non-hydrogen) atoms. The van der Waals surface area contributed by atoms with Crippen LogP contribution in [0.1, 0.15) is 48.9 Å². The molecule has 0 bridgehead atoms. The van der Waals surface area contributed by atoms with Crippen molar-refractivity contribution >= 4 is 17.9 Å².